The van der Waals surface area contributed by atoms with Crippen LogP contribution in [0.3, 0.4) is 0 Å². The zero-order valence-electron chi connectivity index (χ0n) is 11.1. The van der Waals surface area contributed by atoms with Crippen molar-refractivity contribution in [2.75, 3.05) is 5.32 Å². The van der Waals surface area contributed by atoms with E-state index < -0.39 is 0 Å². The second-order valence-corrected chi connectivity index (χ2v) is 6.24. The molecule has 3 aromatic rings. The van der Waals surface area contributed by atoms with Gasteiger partial charge >= 0.3 is 0 Å². The Morgan fingerprint density at radius 3 is 2.77 bits per heavy atom. The zero-order chi connectivity index (χ0) is 15.4. The topological polar surface area (TPSA) is 67.8 Å². The fourth-order valence-electron chi connectivity index (χ4n) is 1.62. The first-order valence-corrected chi connectivity index (χ1v) is 8.17. The van der Waals surface area contributed by atoms with Crippen LogP contribution in [0, 0.1) is 0 Å². The average molecular weight is 349 g/mol. The minimum absolute atomic E-state index is 0.156. The molecule has 0 aliphatic heterocycles. The van der Waals surface area contributed by atoms with Crippen LogP contribution in [0.25, 0.3) is 0 Å². The summed E-state index contributed by atoms with van der Waals surface area (Å²) in [5, 5.41) is 3.84. The van der Waals surface area contributed by atoms with Gasteiger partial charge in [0.05, 0.1) is 5.56 Å². The minimum Gasteiger partial charge on any atom is -0.296 e. The third-order valence-electron chi connectivity index (χ3n) is 2.58. The summed E-state index contributed by atoms with van der Waals surface area (Å²) in [7, 11) is 0. The molecule has 8 heteroatoms. The Hall–Kier alpha value is -1.96. The van der Waals surface area contributed by atoms with E-state index in [0.717, 1.165) is 16.4 Å². The molecule has 0 bridgehead atoms. The number of hydrogen-bond donors (Lipinski definition) is 1. The lowest BCUT2D eigenvalue weighted by atomic mass is 10.3. The van der Waals surface area contributed by atoms with Gasteiger partial charge in [0.2, 0.25) is 10.3 Å². The van der Waals surface area contributed by atoms with E-state index in [1.807, 2.05) is 30.3 Å². The van der Waals surface area contributed by atoms with Gasteiger partial charge in [0.25, 0.3) is 5.91 Å². The van der Waals surface area contributed by atoms with Crippen LogP contribution in [0.5, 0.6) is 0 Å². The monoisotopic (exact) mass is 348 g/mol. The van der Waals surface area contributed by atoms with Crippen LogP contribution < -0.4 is 5.32 Å². The van der Waals surface area contributed by atoms with Crippen LogP contribution in [-0.4, -0.2) is 20.2 Å². The highest BCUT2D eigenvalue weighted by Gasteiger charge is 2.13. The summed E-state index contributed by atoms with van der Waals surface area (Å²) in [6.07, 6.45) is 1.53. The van der Waals surface area contributed by atoms with E-state index >= 15 is 0 Å². The summed E-state index contributed by atoms with van der Waals surface area (Å²) in [4.78, 5) is 21.3. The molecule has 1 aromatic carbocycles. The largest absolute Gasteiger partial charge is 0.296 e. The first-order chi connectivity index (χ1) is 10.7. The van der Waals surface area contributed by atoms with Crippen molar-refractivity contribution in [1.29, 1.82) is 0 Å². The van der Waals surface area contributed by atoms with Crippen molar-refractivity contribution in [2.45, 2.75) is 10.1 Å². The highest BCUT2D eigenvalue weighted by atomic mass is 35.5. The predicted octanol–water partition coefficient (Wildman–Crippen LogP) is 3.99. The number of benzene rings is 1. The number of hydrogen-bond acceptors (Lipinski definition) is 6. The third kappa shape index (κ3) is 3.62. The molecule has 2 aromatic heterocycles. The van der Waals surface area contributed by atoms with Crippen LogP contribution in [0.1, 0.15) is 10.4 Å². The number of amides is 1. The van der Waals surface area contributed by atoms with E-state index in [0.29, 0.717) is 15.9 Å². The van der Waals surface area contributed by atoms with E-state index in [9.17, 15) is 4.79 Å². The Labute approximate surface area is 139 Å². The van der Waals surface area contributed by atoms with Crippen molar-refractivity contribution < 1.29 is 4.79 Å². The van der Waals surface area contributed by atoms with Crippen LogP contribution >= 0.6 is 34.9 Å². The maximum absolute atomic E-state index is 12.1. The van der Waals surface area contributed by atoms with Gasteiger partial charge < -0.3 is 0 Å². The van der Waals surface area contributed by atoms with Gasteiger partial charge in [0.15, 0.2) is 0 Å². The number of carbonyl (C=O) groups excluding carboxylic acids is 1. The van der Waals surface area contributed by atoms with Gasteiger partial charge in [-0.15, -0.1) is 0 Å². The van der Waals surface area contributed by atoms with Crippen LogP contribution in [0.2, 0.25) is 5.15 Å². The molecule has 1 amide bonds. The molecule has 1 N–H and O–H groups in total. The molecule has 3 rings (SSSR count). The average Bonchev–Trinajstić information content (AvgIpc) is 2.95. The molecule has 0 fully saturated rings. The molecule has 0 spiro atoms. The van der Waals surface area contributed by atoms with Crippen LogP contribution in [0.4, 0.5) is 5.13 Å². The van der Waals surface area contributed by atoms with Gasteiger partial charge in [0, 0.05) is 22.6 Å². The van der Waals surface area contributed by atoms with Crippen LogP contribution in [-0.2, 0) is 0 Å². The number of nitrogens with one attached hydrogen (secondary N) is 1. The summed E-state index contributed by atoms with van der Waals surface area (Å²) >= 11 is 8.44. The Balaban J connectivity index is 1.69. The second-order valence-electron chi connectivity index (χ2n) is 4.09. The first-order valence-electron chi connectivity index (χ1n) is 6.21. The number of carbonyl (C=O) groups is 1. The number of pyridine rings is 1. The molecule has 0 radical (unpaired) electrons. The van der Waals surface area contributed by atoms with E-state index in [-0.39, 0.29) is 11.1 Å². The number of nitrogens with zero attached hydrogens (tertiary/aromatic N) is 3. The van der Waals surface area contributed by atoms with Crippen molar-refractivity contribution in [3.8, 4) is 0 Å². The van der Waals surface area contributed by atoms with Crippen molar-refractivity contribution in [3.63, 3.8) is 0 Å². The smallest absolute Gasteiger partial charge is 0.260 e. The fraction of sp³-hybridized carbons (Fsp3) is 0. The lowest BCUT2D eigenvalue weighted by molar-refractivity contribution is 0.102. The van der Waals surface area contributed by atoms with E-state index in [2.05, 4.69) is 19.7 Å². The van der Waals surface area contributed by atoms with Gasteiger partial charge in [-0.2, -0.15) is 9.36 Å². The Morgan fingerprint density at radius 2 is 2.00 bits per heavy atom. The Bertz CT molecular complexity index is 794. The second kappa shape index (κ2) is 6.87. The van der Waals surface area contributed by atoms with E-state index in [4.69, 9.17) is 11.6 Å². The predicted molar refractivity (Wildman–Crippen MR) is 87.7 cm³/mol. The molecular formula is C14H9ClN4OS2. The number of halogens is 1. The molecule has 0 aliphatic rings. The lowest BCUT2D eigenvalue weighted by Crippen LogP contribution is -2.12. The number of rotatable bonds is 4. The van der Waals surface area contributed by atoms with Crippen molar-refractivity contribution >= 4 is 45.9 Å². The molecule has 0 unspecified atom stereocenters. The van der Waals surface area contributed by atoms with Gasteiger partial charge in [0.1, 0.15) is 5.15 Å². The highest BCUT2D eigenvalue weighted by Crippen LogP contribution is 2.27. The van der Waals surface area contributed by atoms with Crippen LogP contribution in [0.15, 0.2) is 58.7 Å². The molecule has 5 nitrogen and oxygen atoms in total. The van der Waals surface area contributed by atoms with Gasteiger partial charge in [-0.3, -0.25) is 10.1 Å². The molecule has 0 saturated heterocycles. The standard InChI is InChI=1S/C14H9ClN4OS2/c15-11-10(7-4-8-16-11)12(20)17-13-18-14(19-22-13)21-9-5-2-1-3-6-9/h1-8H,(H,17,18,19,20). The van der Waals surface area contributed by atoms with E-state index in [1.54, 1.807) is 12.1 Å². The molecule has 2 heterocycles. The lowest BCUT2D eigenvalue weighted by Gasteiger charge is -2.01. The van der Waals surface area contributed by atoms with Gasteiger partial charge in [-0.05, 0) is 36.0 Å². The molecule has 110 valence electrons. The summed E-state index contributed by atoms with van der Waals surface area (Å²) in [5.74, 6) is -0.356. The van der Waals surface area contributed by atoms with Crippen molar-refractivity contribution in [2.24, 2.45) is 0 Å². The van der Waals surface area contributed by atoms with Gasteiger partial charge in [-0.1, -0.05) is 29.8 Å². The third-order valence-corrected chi connectivity index (χ3v) is 4.50. The maximum atomic E-state index is 12.1. The molecule has 0 aliphatic carbocycles. The minimum atomic E-state index is -0.356. The van der Waals surface area contributed by atoms with E-state index in [1.165, 1.54) is 18.0 Å². The SMILES string of the molecule is O=C(Nc1nc(Sc2ccccc2)ns1)c1cccnc1Cl. The summed E-state index contributed by atoms with van der Waals surface area (Å²) in [6, 6.07) is 13.0. The molecule has 22 heavy (non-hydrogen) atoms. The fourth-order valence-corrected chi connectivity index (χ4v) is 3.25. The summed E-state index contributed by atoms with van der Waals surface area (Å²) in [6.45, 7) is 0. The Kier molecular flexibility index (Phi) is 4.67. The molecule has 0 atom stereocenters. The maximum Gasteiger partial charge on any atom is 0.260 e. The molecular weight excluding hydrogens is 340 g/mol. The highest BCUT2D eigenvalue weighted by molar-refractivity contribution is 7.99. The molecule has 0 saturated carbocycles. The zero-order valence-corrected chi connectivity index (χ0v) is 13.5. The summed E-state index contributed by atoms with van der Waals surface area (Å²) in [5.41, 5.74) is 0.302. The quantitative estimate of drug-likeness (QED) is 0.722. The normalized spacial score (nSPS) is 10.4. The summed E-state index contributed by atoms with van der Waals surface area (Å²) < 4.78 is 4.21. The van der Waals surface area contributed by atoms with Gasteiger partial charge in [-0.25, -0.2) is 4.98 Å². The Morgan fingerprint density at radius 1 is 1.18 bits per heavy atom. The van der Waals surface area contributed by atoms with Crippen molar-refractivity contribution in [1.82, 2.24) is 14.3 Å². The van der Waals surface area contributed by atoms with Crippen molar-refractivity contribution in [3.05, 3.63) is 59.4 Å². The number of aromatic nitrogens is 3. The number of anilines is 1. The first kappa shape index (κ1) is 15.0.